The molecule has 5 heteroatoms. The lowest BCUT2D eigenvalue weighted by molar-refractivity contribution is 0.100. The standard InChI is InChI=1S/C11H17IO3Si/c1-3-14-16(13-2,15-10-12)9-11-7-5-4-6-8-11/h4-8H,3,9-10H2,1-2H3. The molecule has 0 bridgehead atoms. The van der Waals surface area contributed by atoms with Crippen LogP contribution in [0.2, 0.25) is 0 Å². The fraction of sp³-hybridized carbons (Fsp3) is 0.455. The molecule has 0 spiro atoms. The molecular formula is C11H17IO3Si. The Morgan fingerprint density at radius 1 is 1.19 bits per heavy atom. The largest absolute Gasteiger partial charge is 0.505 e. The van der Waals surface area contributed by atoms with Gasteiger partial charge in [-0.1, -0.05) is 52.9 Å². The Labute approximate surface area is 112 Å². The van der Waals surface area contributed by atoms with Crippen molar-refractivity contribution in [3.8, 4) is 0 Å². The minimum absolute atomic E-state index is 0.588. The Hall–Kier alpha value is 0.0469. The predicted molar refractivity (Wildman–Crippen MR) is 74.5 cm³/mol. The maximum atomic E-state index is 5.71. The zero-order chi connectivity index (χ0) is 11.9. The smallest absolute Gasteiger partial charge is 0.377 e. The third-order valence-electron chi connectivity index (χ3n) is 2.21. The van der Waals surface area contributed by atoms with Gasteiger partial charge in [-0.2, -0.15) is 0 Å². The van der Waals surface area contributed by atoms with E-state index in [1.165, 1.54) is 5.56 Å². The molecular weight excluding hydrogens is 335 g/mol. The van der Waals surface area contributed by atoms with Gasteiger partial charge < -0.3 is 13.3 Å². The summed E-state index contributed by atoms with van der Waals surface area (Å²) < 4.78 is 17.5. The molecule has 16 heavy (non-hydrogen) atoms. The summed E-state index contributed by atoms with van der Waals surface area (Å²) in [6.45, 7) is 2.58. The average Bonchev–Trinajstić information content (AvgIpc) is 2.31. The van der Waals surface area contributed by atoms with Crippen molar-refractivity contribution in [3.63, 3.8) is 0 Å². The molecule has 0 aromatic heterocycles. The number of benzene rings is 1. The van der Waals surface area contributed by atoms with Gasteiger partial charge in [0.2, 0.25) is 0 Å². The summed E-state index contributed by atoms with van der Waals surface area (Å²) in [4.78, 5) is 0. The summed E-state index contributed by atoms with van der Waals surface area (Å²) in [6, 6.07) is 10.9. The summed E-state index contributed by atoms with van der Waals surface area (Å²) in [7, 11) is -0.854. The van der Waals surface area contributed by atoms with Crippen LogP contribution in [0.4, 0.5) is 0 Å². The highest BCUT2D eigenvalue weighted by molar-refractivity contribution is 14.1. The summed E-state index contributed by atoms with van der Waals surface area (Å²) >= 11 is 2.17. The first-order valence-electron chi connectivity index (χ1n) is 5.19. The van der Waals surface area contributed by atoms with Crippen LogP contribution >= 0.6 is 22.6 Å². The number of hydrogen-bond acceptors (Lipinski definition) is 3. The van der Waals surface area contributed by atoms with Gasteiger partial charge in [0.15, 0.2) is 0 Å². The van der Waals surface area contributed by atoms with E-state index in [9.17, 15) is 0 Å². The molecule has 1 aromatic rings. The van der Waals surface area contributed by atoms with Gasteiger partial charge in [-0.3, -0.25) is 0 Å². The Morgan fingerprint density at radius 3 is 2.38 bits per heavy atom. The molecule has 1 rings (SSSR count). The van der Waals surface area contributed by atoms with E-state index in [0.29, 0.717) is 11.2 Å². The minimum atomic E-state index is -2.52. The molecule has 0 fully saturated rings. The second-order valence-corrected chi connectivity index (χ2v) is 6.56. The molecule has 0 aliphatic heterocycles. The van der Waals surface area contributed by atoms with Crippen LogP contribution in [0.25, 0.3) is 0 Å². The second kappa shape index (κ2) is 7.39. The normalized spacial score (nSPS) is 14.7. The molecule has 0 saturated carbocycles. The van der Waals surface area contributed by atoms with Gasteiger partial charge in [0.25, 0.3) is 0 Å². The molecule has 1 aromatic carbocycles. The summed E-state index contributed by atoms with van der Waals surface area (Å²) in [5.41, 5.74) is 1.19. The van der Waals surface area contributed by atoms with Gasteiger partial charge in [-0.25, -0.2) is 0 Å². The van der Waals surface area contributed by atoms with Crippen LogP contribution in [0.15, 0.2) is 30.3 Å². The molecule has 3 nitrogen and oxygen atoms in total. The van der Waals surface area contributed by atoms with Crippen LogP contribution in [-0.4, -0.2) is 27.1 Å². The lowest BCUT2D eigenvalue weighted by atomic mass is 10.2. The molecule has 0 radical (unpaired) electrons. The lowest BCUT2D eigenvalue weighted by Crippen LogP contribution is -2.47. The van der Waals surface area contributed by atoms with E-state index in [2.05, 4.69) is 34.7 Å². The number of hydrogen-bond donors (Lipinski definition) is 0. The molecule has 0 heterocycles. The van der Waals surface area contributed by atoms with Crippen LogP contribution in [-0.2, 0) is 19.3 Å². The maximum absolute atomic E-state index is 5.71. The fourth-order valence-electron chi connectivity index (χ4n) is 1.48. The number of rotatable bonds is 7. The zero-order valence-electron chi connectivity index (χ0n) is 9.61. The SMILES string of the molecule is CCO[Si](Cc1ccccc1)(OC)OCI. The molecule has 1 atom stereocenters. The van der Waals surface area contributed by atoms with Crippen molar-refractivity contribution in [2.24, 2.45) is 0 Å². The highest BCUT2D eigenvalue weighted by Crippen LogP contribution is 2.16. The lowest BCUT2D eigenvalue weighted by Gasteiger charge is -2.26. The minimum Gasteiger partial charge on any atom is -0.377 e. The van der Waals surface area contributed by atoms with Gasteiger partial charge in [0, 0.05) is 19.8 Å². The average molecular weight is 352 g/mol. The topological polar surface area (TPSA) is 27.7 Å². The van der Waals surface area contributed by atoms with Gasteiger partial charge in [0.05, 0.1) is 4.61 Å². The molecule has 0 N–H and O–H groups in total. The van der Waals surface area contributed by atoms with Crippen molar-refractivity contribution < 1.29 is 13.3 Å². The molecule has 0 saturated heterocycles. The Balaban J connectivity index is 2.76. The van der Waals surface area contributed by atoms with E-state index in [1.807, 2.05) is 25.1 Å². The summed E-state index contributed by atoms with van der Waals surface area (Å²) in [5, 5.41) is 0. The van der Waals surface area contributed by atoms with Crippen molar-refractivity contribution in [2.45, 2.75) is 13.0 Å². The fourth-order valence-corrected chi connectivity index (χ4v) is 4.92. The Kier molecular flexibility index (Phi) is 6.51. The van der Waals surface area contributed by atoms with Crippen LogP contribution < -0.4 is 0 Å². The van der Waals surface area contributed by atoms with Crippen LogP contribution in [0.5, 0.6) is 0 Å². The number of halogens is 1. The van der Waals surface area contributed by atoms with Crippen LogP contribution in [0, 0.1) is 0 Å². The summed E-state index contributed by atoms with van der Waals surface area (Å²) in [6.07, 6.45) is 0. The molecule has 0 aliphatic rings. The van der Waals surface area contributed by atoms with E-state index in [1.54, 1.807) is 7.11 Å². The van der Waals surface area contributed by atoms with Crippen molar-refractivity contribution in [2.75, 3.05) is 18.3 Å². The quantitative estimate of drug-likeness (QED) is 0.429. The van der Waals surface area contributed by atoms with Gasteiger partial charge in [0.1, 0.15) is 0 Å². The third-order valence-corrected chi connectivity index (χ3v) is 5.89. The first kappa shape index (κ1) is 14.1. The highest BCUT2D eigenvalue weighted by Gasteiger charge is 2.39. The maximum Gasteiger partial charge on any atom is 0.505 e. The first-order valence-corrected chi connectivity index (χ1v) is 8.65. The molecule has 0 amide bonds. The van der Waals surface area contributed by atoms with Crippen molar-refractivity contribution in [3.05, 3.63) is 35.9 Å². The van der Waals surface area contributed by atoms with Gasteiger partial charge in [-0.05, 0) is 12.5 Å². The first-order chi connectivity index (χ1) is 7.76. The van der Waals surface area contributed by atoms with E-state index in [0.717, 1.165) is 6.04 Å². The van der Waals surface area contributed by atoms with E-state index in [-0.39, 0.29) is 0 Å². The monoisotopic (exact) mass is 352 g/mol. The van der Waals surface area contributed by atoms with Crippen molar-refractivity contribution in [1.82, 2.24) is 0 Å². The molecule has 90 valence electrons. The zero-order valence-corrected chi connectivity index (χ0v) is 12.8. The predicted octanol–water partition coefficient (Wildman–Crippen LogP) is 2.80. The Morgan fingerprint density at radius 2 is 1.88 bits per heavy atom. The van der Waals surface area contributed by atoms with E-state index < -0.39 is 8.80 Å². The second-order valence-electron chi connectivity index (χ2n) is 3.24. The molecule has 0 aliphatic carbocycles. The van der Waals surface area contributed by atoms with E-state index in [4.69, 9.17) is 13.3 Å². The van der Waals surface area contributed by atoms with Gasteiger partial charge in [-0.15, -0.1) is 0 Å². The van der Waals surface area contributed by atoms with Crippen molar-refractivity contribution in [1.29, 1.82) is 0 Å². The van der Waals surface area contributed by atoms with Crippen LogP contribution in [0.1, 0.15) is 12.5 Å². The third kappa shape index (κ3) is 4.14. The van der Waals surface area contributed by atoms with Crippen LogP contribution in [0.3, 0.4) is 0 Å². The Bertz CT molecular complexity index is 289. The van der Waals surface area contributed by atoms with E-state index >= 15 is 0 Å². The van der Waals surface area contributed by atoms with Crippen molar-refractivity contribution >= 4 is 31.4 Å². The summed E-state index contributed by atoms with van der Waals surface area (Å²) in [5.74, 6) is 0. The number of alkyl halides is 1. The van der Waals surface area contributed by atoms with Gasteiger partial charge >= 0.3 is 8.80 Å². The highest BCUT2D eigenvalue weighted by atomic mass is 127. The molecule has 1 unspecified atom stereocenters.